The van der Waals surface area contributed by atoms with E-state index in [-0.39, 0.29) is 5.92 Å². The van der Waals surface area contributed by atoms with Crippen LogP contribution in [0.1, 0.15) is 66.2 Å². The Morgan fingerprint density at radius 2 is 1.88 bits per heavy atom. The lowest BCUT2D eigenvalue weighted by Gasteiger charge is -2.43. The number of hydrogen-bond acceptors (Lipinski definition) is 2. The summed E-state index contributed by atoms with van der Waals surface area (Å²) in [6.45, 7) is 8.90. The van der Waals surface area contributed by atoms with Crippen molar-refractivity contribution in [1.29, 1.82) is 5.26 Å². The van der Waals surface area contributed by atoms with Crippen molar-refractivity contribution in [3.8, 4) is 6.07 Å². The molecular weight excluding hydrogens is 210 g/mol. The van der Waals surface area contributed by atoms with Gasteiger partial charge in [0.05, 0.1) is 17.6 Å². The molecule has 1 aliphatic rings. The summed E-state index contributed by atoms with van der Waals surface area (Å²) in [5, 5.41) is 19.8. The molecule has 1 unspecified atom stereocenters. The fraction of sp³-hybridized carbons (Fsp3) is 0.933. The van der Waals surface area contributed by atoms with Crippen LogP contribution in [0, 0.1) is 28.6 Å². The summed E-state index contributed by atoms with van der Waals surface area (Å²) >= 11 is 0. The van der Waals surface area contributed by atoms with Crippen LogP contribution in [-0.4, -0.2) is 10.7 Å². The van der Waals surface area contributed by atoms with E-state index in [1.807, 2.05) is 0 Å². The predicted molar refractivity (Wildman–Crippen MR) is 70.4 cm³/mol. The molecule has 1 N–H and O–H groups in total. The first-order valence-electron chi connectivity index (χ1n) is 6.95. The van der Waals surface area contributed by atoms with Crippen LogP contribution < -0.4 is 0 Å². The molecule has 1 rings (SSSR count). The predicted octanol–water partition coefficient (Wildman–Crippen LogP) is 3.89. The summed E-state index contributed by atoms with van der Waals surface area (Å²) < 4.78 is 0. The Labute approximate surface area is 106 Å². The van der Waals surface area contributed by atoms with Crippen molar-refractivity contribution in [1.82, 2.24) is 0 Å². The van der Waals surface area contributed by atoms with E-state index >= 15 is 0 Å². The van der Waals surface area contributed by atoms with E-state index in [1.54, 1.807) is 0 Å². The third kappa shape index (κ3) is 3.45. The molecular formula is C15H27NO. The first-order valence-corrected chi connectivity index (χ1v) is 6.95. The molecule has 0 aromatic rings. The maximum Gasteiger partial charge on any atom is 0.0805 e. The Morgan fingerprint density at radius 3 is 2.24 bits per heavy atom. The standard InChI is InChI=1S/C15H27NO/c1-5-6-13(11-16)15(17)9-7-12(8-10-15)14(2,3)4/h12-13,17H,5-10H2,1-4H3. The average Bonchev–Trinajstić information content (AvgIpc) is 2.25. The maximum atomic E-state index is 10.6. The van der Waals surface area contributed by atoms with Gasteiger partial charge in [0.1, 0.15) is 0 Å². The van der Waals surface area contributed by atoms with E-state index in [0.717, 1.165) is 38.5 Å². The molecule has 2 nitrogen and oxygen atoms in total. The molecule has 0 heterocycles. The van der Waals surface area contributed by atoms with Crippen molar-refractivity contribution in [3.05, 3.63) is 0 Å². The zero-order chi connectivity index (χ0) is 13.1. The summed E-state index contributed by atoms with van der Waals surface area (Å²) in [6.07, 6.45) is 5.51. The fourth-order valence-electron chi connectivity index (χ4n) is 3.07. The van der Waals surface area contributed by atoms with Gasteiger partial charge < -0.3 is 5.11 Å². The van der Waals surface area contributed by atoms with Gasteiger partial charge in [0, 0.05) is 0 Å². The van der Waals surface area contributed by atoms with Gasteiger partial charge in [0.25, 0.3) is 0 Å². The zero-order valence-electron chi connectivity index (χ0n) is 11.8. The first kappa shape index (κ1) is 14.5. The summed E-state index contributed by atoms with van der Waals surface area (Å²) in [5.74, 6) is 0.511. The van der Waals surface area contributed by atoms with Crippen LogP contribution in [0.15, 0.2) is 0 Å². The second-order valence-electron chi connectivity index (χ2n) is 6.71. The topological polar surface area (TPSA) is 44.0 Å². The van der Waals surface area contributed by atoms with Crippen molar-refractivity contribution < 1.29 is 5.11 Å². The number of hydrogen-bond donors (Lipinski definition) is 1. The Bertz CT molecular complexity index is 276. The van der Waals surface area contributed by atoms with Crippen LogP contribution in [0.3, 0.4) is 0 Å². The molecule has 1 fully saturated rings. The first-order chi connectivity index (χ1) is 7.83. The fourth-order valence-corrected chi connectivity index (χ4v) is 3.07. The summed E-state index contributed by atoms with van der Waals surface area (Å²) in [7, 11) is 0. The minimum absolute atomic E-state index is 0.173. The van der Waals surface area contributed by atoms with Crippen molar-refractivity contribution in [2.24, 2.45) is 17.3 Å². The van der Waals surface area contributed by atoms with Gasteiger partial charge in [-0.3, -0.25) is 0 Å². The monoisotopic (exact) mass is 237 g/mol. The van der Waals surface area contributed by atoms with Gasteiger partial charge in [-0.15, -0.1) is 0 Å². The molecule has 0 aromatic carbocycles. The molecule has 0 radical (unpaired) electrons. The molecule has 98 valence electrons. The van der Waals surface area contributed by atoms with E-state index in [1.165, 1.54) is 0 Å². The van der Waals surface area contributed by atoms with E-state index in [2.05, 4.69) is 33.8 Å². The molecule has 0 aromatic heterocycles. The largest absolute Gasteiger partial charge is 0.389 e. The zero-order valence-corrected chi connectivity index (χ0v) is 11.8. The normalized spacial score (nSPS) is 31.9. The lowest BCUT2D eigenvalue weighted by Crippen LogP contribution is -2.43. The Kier molecular flexibility index (Phi) is 4.61. The van der Waals surface area contributed by atoms with Gasteiger partial charge >= 0.3 is 0 Å². The van der Waals surface area contributed by atoms with Crippen LogP contribution in [0.4, 0.5) is 0 Å². The minimum atomic E-state index is -0.716. The lowest BCUT2D eigenvalue weighted by atomic mass is 9.65. The highest BCUT2D eigenvalue weighted by atomic mass is 16.3. The number of nitrogens with zero attached hydrogens (tertiary/aromatic N) is 1. The van der Waals surface area contributed by atoms with Gasteiger partial charge in [0.2, 0.25) is 0 Å². The summed E-state index contributed by atoms with van der Waals surface area (Å²) in [6, 6.07) is 2.32. The van der Waals surface area contributed by atoms with Crippen molar-refractivity contribution >= 4 is 0 Å². The molecule has 0 spiro atoms. The average molecular weight is 237 g/mol. The maximum absolute atomic E-state index is 10.6. The van der Waals surface area contributed by atoms with Gasteiger partial charge in [-0.25, -0.2) is 0 Å². The molecule has 17 heavy (non-hydrogen) atoms. The van der Waals surface area contributed by atoms with Crippen LogP contribution in [0.5, 0.6) is 0 Å². The van der Waals surface area contributed by atoms with Crippen LogP contribution in [0.2, 0.25) is 0 Å². The Morgan fingerprint density at radius 1 is 1.35 bits per heavy atom. The molecule has 0 aliphatic heterocycles. The number of rotatable bonds is 3. The highest BCUT2D eigenvalue weighted by Crippen LogP contribution is 2.44. The third-order valence-corrected chi connectivity index (χ3v) is 4.46. The SMILES string of the molecule is CCCC(C#N)C1(O)CCC(C(C)(C)C)CC1. The molecule has 1 saturated carbocycles. The third-order valence-electron chi connectivity index (χ3n) is 4.46. The molecule has 1 atom stereocenters. The number of nitriles is 1. The highest BCUT2D eigenvalue weighted by molar-refractivity contribution is 5.01. The van der Waals surface area contributed by atoms with E-state index in [0.29, 0.717) is 11.3 Å². The molecule has 2 heteroatoms. The van der Waals surface area contributed by atoms with Gasteiger partial charge in [-0.2, -0.15) is 5.26 Å². The smallest absolute Gasteiger partial charge is 0.0805 e. The van der Waals surface area contributed by atoms with E-state index in [4.69, 9.17) is 0 Å². The molecule has 0 amide bonds. The number of aliphatic hydroxyl groups is 1. The second-order valence-corrected chi connectivity index (χ2v) is 6.71. The van der Waals surface area contributed by atoms with Crippen LogP contribution >= 0.6 is 0 Å². The summed E-state index contributed by atoms with van der Waals surface area (Å²) in [5.41, 5.74) is -0.388. The lowest BCUT2D eigenvalue weighted by molar-refractivity contribution is -0.0560. The van der Waals surface area contributed by atoms with Crippen molar-refractivity contribution in [2.75, 3.05) is 0 Å². The van der Waals surface area contributed by atoms with E-state index in [9.17, 15) is 10.4 Å². The molecule has 0 bridgehead atoms. The van der Waals surface area contributed by atoms with Crippen molar-refractivity contribution in [2.45, 2.75) is 71.8 Å². The minimum Gasteiger partial charge on any atom is -0.389 e. The van der Waals surface area contributed by atoms with Crippen LogP contribution in [-0.2, 0) is 0 Å². The Hall–Kier alpha value is -0.550. The summed E-state index contributed by atoms with van der Waals surface area (Å²) in [4.78, 5) is 0. The quantitative estimate of drug-likeness (QED) is 0.809. The Balaban J connectivity index is 2.63. The van der Waals surface area contributed by atoms with E-state index < -0.39 is 5.60 Å². The van der Waals surface area contributed by atoms with Crippen LogP contribution in [0.25, 0.3) is 0 Å². The van der Waals surface area contributed by atoms with Crippen molar-refractivity contribution in [3.63, 3.8) is 0 Å². The molecule has 0 saturated heterocycles. The highest BCUT2D eigenvalue weighted by Gasteiger charge is 2.42. The van der Waals surface area contributed by atoms with Gasteiger partial charge in [-0.05, 0) is 43.4 Å². The molecule has 1 aliphatic carbocycles. The second kappa shape index (κ2) is 5.40. The van der Waals surface area contributed by atoms with Gasteiger partial charge in [-0.1, -0.05) is 34.1 Å². The van der Waals surface area contributed by atoms with Gasteiger partial charge in [0.15, 0.2) is 0 Å².